The number of ether oxygens (including phenoxy) is 1. The van der Waals surface area contributed by atoms with Crippen molar-refractivity contribution in [3.63, 3.8) is 0 Å². The molecule has 2 aromatic rings. The molecule has 1 aromatic heterocycles. The summed E-state index contributed by atoms with van der Waals surface area (Å²) in [4.78, 5) is 3.45. The third-order valence-corrected chi connectivity index (χ3v) is 5.16. The Balaban J connectivity index is 0.00000192. The molecule has 23 heavy (non-hydrogen) atoms. The van der Waals surface area contributed by atoms with Crippen LogP contribution in [0.3, 0.4) is 0 Å². The number of nitrogens with zero attached hydrogens (tertiary/aromatic N) is 1. The van der Waals surface area contributed by atoms with Crippen molar-refractivity contribution in [2.45, 2.75) is 6.04 Å². The van der Waals surface area contributed by atoms with E-state index in [2.05, 4.69) is 10.2 Å². The average Bonchev–Trinajstić information content (AvgIpc) is 2.95. The van der Waals surface area contributed by atoms with Crippen molar-refractivity contribution in [1.29, 1.82) is 0 Å². The van der Waals surface area contributed by atoms with Gasteiger partial charge in [0.2, 0.25) is 0 Å². The summed E-state index contributed by atoms with van der Waals surface area (Å²) in [6.07, 6.45) is 0. The van der Waals surface area contributed by atoms with Crippen LogP contribution in [-0.2, 0) is 0 Å². The molecular weight excluding hydrogens is 358 g/mol. The van der Waals surface area contributed by atoms with Gasteiger partial charge in [-0.2, -0.15) is 0 Å². The van der Waals surface area contributed by atoms with Gasteiger partial charge in [-0.1, -0.05) is 23.7 Å². The predicted molar refractivity (Wildman–Crippen MR) is 95.8 cm³/mol. The maximum absolute atomic E-state index is 14.1. The zero-order chi connectivity index (χ0) is 15.5. The Morgan fingerprint density at radius 3 is 2.61 bits per heavy atom. The van der Waals surface area contributed by atoms with Gasteiger partial charge in [-0.15, -0.1) is 23.7 Å². The maximum atomic E-state index is 14.1. The van der Waals surface area contributed by atoms with Crippen LogP contribution in [0.5, 0.6) is 5.75 Å². The van der Waals surface area contributed by atoms with Crippen LogP contribution >= 0.6 is 35.3 Å². The summed E-state index contributed by atoms with van der Waals surface area (Å²) in [5.74, 6) is -0.0154. The molecular formula is C16H19Cl2FN2OS. The number of rotatable bonds is 4. The molecule has 1 aliphatic heterocycles. The number of halogens is 3. The molecule has 0 saturated carbocycles. The topological polar surface area (TPSA) is 24.5 Å². The van der Waals surface area contributed by atoms with Crippen LogP contribution in [0.2, 0.25) is 4.34 Å². The maximum Gasteiger partial charge on any atom is 0.165 e. The van der Waals surface area contributed by atoms with Gasteiger partial charge in [0.1, 0.15) is 0 Å². The van der Waals surface area contributed by atoms with Crippen molar-refractivity contribution >= 4 is 35.3 Å². The molecule has 1 aliphatic rings. The van der Waals surface area contributed by atoms with Crippen LogP contribution < -0.4 is 10.1 Å². The van der Waals surface area contributed by atoms with Crippen LogP contribution in [-0.4, -0.2) is 38.2 Å². The Morgan fingerprint density at radius 2 is 2.00 bits per heavy atom. The first-order valence-electron chi connectivity index (χ1n) is 7.23. The smallest absolute Gasteiger partial charge is 0.165 e. The highest BCUT2D eigenvalue weighted by atomic mass is 35.5. The van der Waals surface area contributed by atoms with E-state index in [9.17, 15) is 4.39 Å². The molecule has 1 atom stereocenters. The number of thiophene rings is 1. The van der Waals surface area contributed by atoms with Gasteiger partial charge in [0.25, 0.3) is 0 Å². The summed E-state index contributed by atoms with van der Waals surface area (Å²) < 4.78 is 20.2. The number of hydrogen-bond donors (Lipinski definition) is 1. The van der Waals surface area contributed by atoms with Crippen molar-refractivity contribution in [3.05, 3.63) is 50.9 Å². The van der Waals surface area contributed by atoms with Crippen molar-refractivity contribution in [2.75, 3.05) is 33.3 Å². The van der Waals surface area contributed by atoms with Gasteiger partial charge >= 0.3 is 0 Å². The summed E-state index contributed by atoms with van der Waals surface area (Å²) in [6.45, 7) is 3.65. The van der Waals surface area contributed by atoms with Gasteiger partial charge in [0.05, 0.1) is 17.5 Å². The molecule has 1 fully saturated rings. The molecule has 3 rings (SSSR count). The van der Waals surface area contributed by atoms with Gasteiger partial charge in [-0.3, -0.25) is 4.90 Å². The minimum atomic E-state index is -0.331. The Hall–Kier alpha value is -0.850. The fourth-order valence-electron chi connectivity index (χ4n) is 2.90. The third kappa shape index (κ3) is 3.98. The monoisotopic (exact) mass is 376 g/mol. The molecule has 3 nitrogen and oxygen atoms in total. The first kappa shape index (κ1) is 18.5. The minimum absolute atomic E-state index is 0. The molecule has 0 radical (unpaired) electrons. The van der Waals surface area contributed by atoms with E-state index in [1.165, 1.54) is 24.5 Å². The van der Waals surface area contributed by atoms with E-state index in [0.717, 1.165) is 41.0 Å². The number of methoxy groups -OCH3 is 1. The number of para-hydroxylation sites is 1. The molecule has 126 valence electrons. The molecule has 0 amide bonds. The highest BCUT2D eigenvalue weighted by molar-refractivity contribution is 7.16. The Labute approximate surface area is 150 Å². The second-order valence-electron chi connectivity index (χ2n) is 5.19. The van der Waals surface area contributed by atoms with E-state index in [-0.39, 0.29) is 24.3 Å². The standard InChI is InChI=1S/C16H18ClFN2OS.ClH/c1-21-16-11(3-2-4-12(16)18)15(13-5-6-14(17)22-13)20-9-7-19-8-10-20;/h2-6,15,19H,7-10H2,1H3;1H/t15-;/m0./s1. The van der Waals surface area contributed by atoms with Gasteiger partial charge in [-0.25, -0.2) is 4.39 Å². The van der Waals surface area contributed by atoms with Crippen LogP contribution in [0.25, 0.3) is 0 Å². The number of hydrogen-bond acceptors (Lipinski definition) is 4. The number of piperazine rings is 1. The normalized spacial score (nSPS) is 16.7. The molecule has 1 saturated heterocycles. The second-order valence-corrected chi connectivity index (χ2v) is 6.94. The third-order valence-electron chi connectivity index (χ3n) is 3.88. The highest BCUT2D eigenvalue weighted by Crippen LogP contribution is 2.40. The van der Waals surface area contributed by atoms with Crippen molar-refractivity contribution in [2.24, 2.45) is 0 Å². The fourth-order valence-corrected chi connectivity index (χ4v) is 4.12. The summed E-state index contributed by atoms with van der Waals surface area (Å²) in [5, 5.41) is 3.35. The van der Waals surface area contributed by atoms with E-state index in [4.69, 9.17) is 16.3 Å². The van der Waals surface area contributed by atoms with Crippen molar-refractivity contribution < 1.29 is 9.13 Å². The van der Waals surface area contributed by atoms with E-state index >= 15 is 0 Å². The van der Waals surface area contributed by atoms with Crippen LogP contribution in [0.1, 0.15) is 16.5 Å². The lowest BCUT2D eigenvalue weighted by atomic mass is 10.0. The van der Waals surface area contributed by atoms with Crippen LogP contribution in [0.4, 0.5) is 4.39 Å². The van der Waals surface area contributed by atoms with Gasteiger partial charge in [-0.05, 0) is 18.2 Å². The number of benzene rings is 1. The molecule has 7 heteroatoms. The summed E-state index contributed by atoms with van der Waals surface area (Å²) in [7, 11) is 1.51. The molecule has 0 aliphatic carbocycles. The SMILES string of the molecule is COc1c(F)cccc1[C@@H](c1ccc(Cl)s1)N1CCNCC1.Cl. The minimum Gasteiger partial charge on any atom is -0.493 e. The fraction of sp³-hybridized carbons (Fsp3) is 0.375. The first-order chi connectivity index (χ1) is 10.7. The molecule has 1 N–H and O–H groups in total. The first-order valence-corrected chi connectivity index (χ1v) is 8.42. The largest absolute Gasteiger partial charge is 0.493 e. The van der Waals surface area contributed by atoms with E-state index < -0.39 is 0 Å². The lowest BCUT2D eigenvalue weighted by molar-refractivity contribution is 0.197. The van der Waals surface area contributed by atoms with Gasteiger partial charge < -0.3 is 10.1 Å². The Bertz CT molecular complexity index is 647. The van der Waals surface area contributed by atoms with Crippen LogP contribution in [0, 0.1) is 5.82 Å². The van der Waals surface area contributed by atoms with Gasteiger partial charge in [0.15, 0.2) is 11.6 Å². The predicted octanol–water partition coefficient (Wildman–Crippen LogP) is 3.97. The van der Waals surface area contributed by atoms with Crippen LogP contribution in [0.15, 0.2) is 30.3 Å². The van der Waals surface area contributed by atoms with E-state index in [0.29, 0.717) is 5.75 Å². The Morgan fingerprint density at radius 1 is 1.26 bits per heavy atom. The molecule has 0 unspecified atom stereocenters. The summed E-state index contributed by atoms with van der Waals surface area (Å²) in [5.41, 5.74) is 0.850. The average molecular weight is 377 g/mol. The zero-order valence-corrected chi connectivity index (χ0v) is 15.1. The highest BCUT2D eigenvalue weighted by Gasteiger charge is 2.28. The Kier molecular flexibility index (Phi) is 6.68. The van der Waals surface area contributed by atoms with Crippen molar-refractivity contribution in [3.8, 4) is 5.75 Å². The van der Waals surface area contributed by atoms with Crippen molar-refractivity contribution in [1.82, 2.24) is 10.2 Å². The lowest BCUT2D eigenvalue weighted by Crippen LogP contribution is -2.45. The zero-order valence-electron chi connectivity index (χ0n) is 12.7. The van der Waals surface area contributed by atoms with E-state index in [1.807, 2.05) is 18.2 Å². The molecule has 1 aromatic carbocycles. The van der Waals surface area contributed by atoms with Gasteiger partial charge in [0, 0.05) is 36.6 Å². The molecule has 2 heterocycles. The number of nitrogens with one attached hydrogen (secondary N) is 1. The summed E-state index contributed by atoms with van der Waals surface area (Å²) in [6, 6.07) is 8.97. The summed E-state index contributed by atoms with van der Waals surface area (Å²) >= 11 is 7.65. The second kappa shape index (κ2) is 8.31. The quantitative estimate of drug-likeness (QED) is 0.873. The lowest BCUT2D eigenvalue weighted by Gasteiger charge is -2.35. The molecule has 0 bridgehead atoms. The van der Waals surface area contributed by atoms with E-state index in [1.54, 1.807) is 6.07 Å². The molecule has 0 spiro atoms.